The molecular formula is C9H15BrN2S. The SMILES string of the molecule is NCCCCNCc1cc(Br)cs1. The summed E-state index contributed by atoms with van der Waals surface area (Å²) in [6, 6.07) is 2.15. The highest BCUT2D eigenvalue weighted by Crippen LogP contribution is 2.19. The Hall–Kier alpha value is 0.1000. The minimum atomic E-state index is 0.798. The molecule has 0 aliphatic rings. The van der Waals surface area contributed by atoms with Crippen molar-refractivity contribution in [3.8, 4) is 0 Å². The Kier molecular flexibility index (Phi) is 5.62. The first-order chi connectivity index (χ1) is 6.33. The van der Waals surface area contributed by atoms with Crippen LogP contribution in [0.4, 0.5) is 0 Å². The smallest absolute Gasteiger partial charge is 0.0300 e. The Bertz CT molecular complexity index is 237. The summed E-state index contributed by atoms with van der Waals surface area (Å²) in [4.78, 5) is 1.37. The van der Waals surface area contributed by atoms with Gasteiger partial charge in [0.05, 0.1) is 0 Å². The van der Waals surface area contributed by atoms with Gasteiger partial charge in [0.2, 0.25) is 0 Å². The topological polar surface area (TPSA) is 38.0 Å². The van der Waals surface area contributed by atoms with Crippen molar-refractivity contribution in [2.24, 2.45) is 5.73 Å². The fraction of sp³-hybridized carbons (Fsp3) is 0.556. The van der Waals surface area contributed by atoms with Gasteiger partial charge < -0.3 is 11.1 Å². The van der Waals surface area contributed by atoms with Gasteiger partial charge in [-0.25, -0.2) is 0 Å². The number of halogens is 1. The number of nitrogens with two attached hydrogens (primary N) is 1. The maximum atomic E-state index is 5.39. The van der Waals surface area contributed by atoms with Crippen LogP contribution in [0, 0.1) is 0 Å². The van der Waals surface area contributed by atoms with Crippen LogP contribution in [-0.2, 0) is 6.54 Å². The molecule has 0 aromatic carbocycles. The summed E-state index contributed by atoms with van der Waals surface area (Å²) >= 11 is 5.21. The Morgan fingerprint density at radius 1 is 1.46 bits per heavy atom. The lowest BCUT2D eigenvalue weighted by molar-refractivity contribution is 0.631. The second kappa shape index (κ2) is 6.54. The van der Waals surface area contributed by atoms with E-state index in [2.05, 4.69) is 32.7 Å². The van der Waals surface area contributed by atoms with E-state index in [0.29, 0.717) is 0 Å². The largest absolute Gasteiger partial charge is 0.330 e. The number of hydrogen-bond acceptors (Lipinski definition) is 3. The van der Waals surface area contributed by atoms with Crippen LogP contribution in [0.15, 0.2) is 15.9 Å². The van der Waals surface area contributed by atoms with Crippen LogP contribution >= 0.6 is 27.3 Å². The van der Waals surface area contributed by atoms with E-state index < -0.39 is 0 Å². The molecule has 74 valence electrons. The van der Waals surface area contributed by atoms with E-state index in [1.807, 2.05) is 0 Å². The minimum absolute atomic E-state index is 0.798. The monoisotopic (exact) mass is 262 g/mol. The summed E-state index contributed by atoms with van der Waals surface area (Å²) in [5.41, 5.74) is 5.39. The molecule has 0 aliphatic heterocycles. The average molecular weight is 263 g/mol. The third-order valence-corrected chi connectivity index (χ3v) is 3.43. The van der Waals surface area contributed by atoms with Gasteiger partial charge in [0.25, 0.3) is 0 Å². The van der Waals surface area contributed by atoms with E-state index in [1.165, 1.54) is 15.8 Å². The van der Waals surface area contributed by atoms with E-state index in [-0.39, 0.29) is 0 Å². The van der Waals surface area contributed by atoms with Crippen LogP contribution in [0.2, 0.25) is 0 Å². The summed E-state index contributed by atoms with van der Waals surface area (Å²) in [6.45, 7) is 2.83. The van der Waals surface area contributed by atoms with Gasteiger partial charge in [0, 0.05) is 21.3 Å². The van der Waals surface area contributed by atoms with E-state index in [0.717, 1.165) is 26.1 Å². The molecule has 0 bridgehead atoms. The summed E-state index contributed by atoms with van der Waals surface area (Å²) in [5, 5.41) is 5.49. The molecule has 0 radical (unpaired) electrons. The Labute approximate surface area is 91.7 Å². The number of unbranched alkanes of at least 4 members (excludes halogenated alkanes) is 1. The molecule has 0 atom stereocenters. The maximum Gasteiger partial charge on any atom is 0.0300 e. The van der Waals surface area contributed by atoms with Gasteiger partial charge in [-0.1, -0.05) is 0 Å². The number of nitrogens with one attached hydrogen (secondary N) is 1. The van der Waals surface area contributed by atoms with Crippen molar-refractivity contribution in [1.29, 1.82) is 0 Å². The van der Waals surface area contributed by atoms with Crippen LogP contribution < -0.4 is 11.1 Å². The van der Waals surface area contributed by atoms with Gasteiger partial charge in [-0.15, -0.1) is 11.3 Å². The maximum absolute atomic E-state index is 5.39. The molecule has 0 aliphatic carbocycles. The van der Waals surface area contributed by atoms with Gasteiger partial charge in [-0.3, -0.25) is 0 Å². The first-order valence-corrected chi connectivity index (χ1v) is 6.14. The van der Waals surface area contributed by atoms with Gasteiger partial charge in [-0.05, 0) is 47.9 Å². The number of hydrogen-bond donors (Lipinski definition) is 2. The lowest BCUT2D eigenvalue weighted by Gasteiger charge is -2.01. The zero-order chi connectivity index (χ0) is 9.52. The normalized spacial score (nSPS) is 10.6. The highest BCUT2D eigenvalue weighted by Gasteiger charge is 1.95. The molecule has 0 saturated carbocycles. The van der Waals surface area contributed by atoms with Gasteiger partial charge in [-0.2, -0.15) is 0 Å². The van der Waals surface area contributed by atoms with Crippen molar-refractivity contribution in [3.63, 3.8) is 0 Å². The molecule has 3 N–H and O–H groups in total. The van der Waals surface area contributed by atoms with Crippen LogP contribution in [0.5, 0.6) is 0 Å². The lowest BCUT2D eigenvalue weighted by Crippen LogP contribution is -2.15. The van der Waals surface area contributed by atoms with Crippen molar-refractivity contribution in [1.82, 2.24) is 5.32 Å². The van der Waals surface area contributed by atoms with Crippen molar-refractivity contribution in [2.75, 3.05) is 13.1 Å². The van der Waals surface area contributed by atoms with Crippen molar-refractivity contribution < 1.29 is 0 Å². The van der Waals surface area contributed by atoms with Crippen LogP contribution in [0.1, 0.15) is 17.7 Å². The number of rotatable bonds is 6. The summed E-state index contributed by atoms with van der Waals surface area (Å²) < 4.78 is 1.18. The Balaban J connectivity index is 2.06. The first kappa shape index (κ1) is 11.2. The summed E-state index contributed by atoms with van der Waals surface area (Å²) in [5.74, 6) is 0. The molecule has 1 aromatic heterocycles. The molecule has 0 fully saturated rings. The molecule has 1 heterocycles. The quantitative estimate of drug-likeness (QED) is 0.773. The zero-order valence-electron chi connectivity index (χ0n) is 7.55. The molecule has 0 amide bonds. The minimum Gasteiger partial charge on any atom is -0.330 e. The molecule has 0 spiro atoms. The summed E-state index contributed by atoms with van der Waals surface area (Å²) in [7, 11) is 0. The molecule has 2 nitrogen and oxygen atoms in total. The fourth-order valence-electron chi connectivity index (χ4n) is 1.05. The van der Waals surface area contributed by atoms with Crippen molar-refractivity contribution >= 4 is 27.3 Å². The summed E-state index contributed by atoms with van der Waals surface area (Å²) in [6.07, 6.45) is 2.28. The van der Waals surface area contributed by atoms with Gasteiger partial charge >= 0.3 is 0 Å². The van der Waals surface area contributed by atoms with E-state index >= 15 is 0 Å². The third kappa shape index (κ3) is 4.76. The van der Waals surface area contributed by atoms with Gasteiger partial charge in [0.15, 0.2) is 0 Å². The Morgan fingerprint density at radius 3 is 2.92 bits per heavy atom. The molecule has 1 aromatic rings. The van der Waals surface area contributed by atoms with E-state index in [4.69, 9.17) is 5.73 Å². The fourth-order valence-corrected chi connectivity index (χ4v) is 2.47. The molecular weight excluding hydrogens is 248 g/mol. The third-order valence-electron chi connectivity index (χ3n) is 1.73. The van der Waals surface area contributed by atoms with Gasteiger partial charge in [0.1, 0.15) is 0 Å². The molecule has 1 rings (SSSR count). The van der Waals surface area contributed by atoms with E-state index in [9.17, 15) is 0 Å². The highest BCUT2D eigenvalue weighted by molar-refractivity contribution is 9.10. The molecule has 0 saturated heterocycles. The van der Waals surface area contributed by atoms with Crippen LogP contribution in [0.3, 0.4) is 0 Å². The van der Waals surface area contributed by atoms with Crippen molar-refractivity contribution in [2.45, 2.75) is 19.4 Å². The molecule has 0 unspecified atom stereocenters. The van der Waals surface area contributed by atoms with E-state index in [1.54, 1.807) is 11.3 Å². The predicted molar refractivity (Wildman–Crippen MR) is 62.0 cm³/mol. The highest BCUT2D eigenvalue weighted by atomic mass is 79.9. The second-order valence-corrected chi connectivity index (χ2v) is 4.82. The molecule has 4 heteroatoms. The number of thiophene rings is 1. The average Bonchev–Trinajstić information content (AvgIpc) is 2.51. The predicted octanol–water partition coefficient (Wildman–Crippen LogP) is 2.34. The van der Waals surface area contributed by atoms with Crippen molar-refractivity contribution in [3.05, 3.63) is 20.8 Å². The molecule has 13 heavy (non-hydrogen) atoms. The Morgan fingerprint density at radius 2 is 2.31 bits per heavy atom. The lowest BCUT2D eigenvalue weighted by atomic mass is 10.3. The first-order valence-electron chi connectivity index (χ1n) is 4.46. The van der Waals surface area contributed by atoms with Crippen LogP contribution in [-0.4, -0.2) is 13.1 Å². The zero-order valence-corrected chi connectivity index (χ0v) is 9.96. The second-order valence-electron chi connectivity index (χ2n) is 2.90. The van der Waals surface area contributed by atoms with Crippen LogP contribution in [0.25, 0.3) is 0 Å². The standard InChI is InChI=1S/C9H15BrN2S/c10-8-5-9(13-7-8)6-12-4-2-1-3-11/h5,7,12H,1-4,6,11H2.